The third-order valence-electron chi connectivity index (χ3n) is 3.08. The summed E-state index contributed by atoms with van der Waals surface area (Å²) >= 11 is 3.38. The number of aromatic nitrogens is 1. The van der Waals surface area contributed by atoms with Crippen molar-refractivity contribution < 1.29 is 31.1 Å². The molecule has 26 heavy (non-hydrogen) atoms. The highest BCUT2D eigenvalue weighted by Gasteiger charge is 2.37. The minimum absolute atomic E-state index is 0.00243. The average molecular weight is 432 g/mol. The number of hydrogen-bond donors (Lipinski definition) is 1. The number of benzene rings is 1. The Labute approximate surface area is 156 Å². The Kier molecular flexibility index (Phi) is 6.18. The SMILES string of the molecule is CSc1nsc(SC)c1C(=O)Nc1cc(C(F)(F)F)cc(C(F)(F)F)c1. The van der Waals surface area contributed by atoms with E-state index in [9.17, 15) is 31.1 Å². The van der Waals surface area contributed by atoms with Crippen LogP contribution in [0.5, 0.6) is 0 Å². The van der Waals surface area contributed by atoms with Crippen LogP contribution in [0.2, 0.25) is 0 Å². The molecule has 142 valence electrons. The summed E-state index contributed by atoms with van der Waals surface area (Å²) in [5, 5.41) is 2.47. The smallest absolute Gasteiger partial charge is 0.322 e. The van der Waals surface area contributed by atoms with Crippen molar-refractivity contribution >= 4 is 46.7 Å². The van der Waals surface area contributed by atoms with Crippen molar-refractivity contribution in [3.8, 4) is 0 Å². The average Bonchev–Trinajstić information content (AvgIpc) is 2.96. The summed E-state index contributed by atoms with van der Waals surface area (Å²) in [4.78, 5) is 12.4. The van der Waals surface area contributed by atoms with Crippen molar-refractivity contribution in [1.29, 1.82) is 0 Å². The van der Waals surface area contributed by atoms with Crippen LogP contribution >= 0.6 is 35.1 Å². The molecule has 3 nitrogen and oxygen atoms in total. The number of anilines is 1. The van der Waals surface area contributed by atoms with E-state index in [1.165, 1.54) is 11.8 Å². The molecule has 0 spiro atoms. The monoisotopic (exact) mass is 432 g/mol. The van der Waals surface area contributed by atoms with Gasteiger partial charge in [-0.05, 0) is 42.2 Å². The summed E-state index contributed by atoms with van der Waals surface area (Å²) in [5.74, 6) is -0.820. The van der Waals surface area contributed by atoms with E-state index in [1.54, 1.807) is 12.5 Å². The maximum absolute atomic E-state index is 12.9. The summed E-state index contributed by atoms with van der Waals surface area (Å²) in [6.07, 6.45) is -6.64. The second-order valence-corrected chi connectivity index (χ2v) is 7.45. The molecule has 0 saturated carbocycles. The predicted molar refractivity (Wildman–Crippen MR) is 90.1 cm³/mol. The van der Waals surface area contributed by atoms with Gasteiger partial charge in [-0.2, -0.15) is 30.7 Å². The first-order valence-electron chi connectivity index (χ1n) is 6.66. The van der Waals surface area contributed by atoms with Crippen molar-refractivity contribution in [3.05, 3.63) is 34.9 Å². The lowest BCUT2D eigenvalue weighted by Gasteiger charge is -2.15. The van der Waals surface area contributed by atoms with E-state index >= 15 is 0 Å². The summed E-state index contributed by atoms with van der Waals surface area (Å²) in [5.41, 5.74) is -3.47. The van der Waals surface area contributed by atoms with E-state index < -0.39 is 35.1 Å². The van der Waals surface area contributed by atoms with Gasteiger partial charge in [0.25, 0.3) is 5.91 Å². The van der Waals surface area contributed by atoms with E-state index in [-0.39, 0.29) is 11.6 Å². The minimum atomic E-state index is -4.99. The molecule has 0 radical (unpaired) electrons. The molecule has 1 N–H and O–H groups in total. The number of hydrogen-bond acceptors (Lipinski definition) is 5. The number of thioether (sulfide) groups is 2. The maximum Gasteiger partial charge on any atom is 0.416 e. The molecule has 1 amide bonds. The van der Waals surface area contributed by atoms with Crippen molar-refractivity contribution in [2.75, 3.05) is 17.8 Å². The number of amides is 1. The highest BCUT2D eigenvalue weighted by atomic mass is 32.2. The van der Waals surface area contributed by atoms with E-state index in [4.69, 9.17) is 0 Å². The third kappa shape index (κ3) is 4.65. The van der Waals surface area contributed by atoms with E-state index in [0.717, 1.165) is 23.3 Å². The Balaban J connectivity index is 2.46. The standard InChI is InChI=1S/C14H10F6N2OS3/c1-24-11-9(12(25-2)26-22-11)10(23)21-8-4-6(13(15,16)17)3-7(5-8)14(18,19)20/h3-5H,1-2H3,(H,21,23). The largest absolute Gasteiger partial charge is 0.416 e. The van der Waals surface area contributed by atoms with Gasteiger partial charge in [0.2, 0.25) is 0 Å². The van der Waals surface area contributed by atoms with Gasteiger partial charge in [0.1, 0.15) is 5.03 Å². The van der Waals surface area contributed by atoms with Crippen molar-refractivity contribution in [3.63, 3.8) is 0 Å². The second kappa shape index (κ2) is 7.69. The van der Waals surface area contributed by atoms with Gasteiger partial charge < -0.3 is 5.32 Å². The Hall–Kier alpha value is -1.40. The zero-order chi connectivity index (χ0) is 19.7. The Morgan fingerprint density at radius 1 is 1.00 bits per heavy atom. The van der Waals surface area contributed by atoms with Crippen molar-refractivity contribution in [2.24, 2.45) is 0 Å². The molecule has 1 heterocycles. The Morgan fingerprint density at radius 2 is 1.54 bits per heavy atom. The van der Waals surface area contributed by atoms with E-state index in [0.29, 0.717) is 21.4 Å². The summed E-state index contributed by atoms with van der Waals surface area (Å²) in [6.45, 7) is 0. The first kappa shape index (κ1) is 20.9. The molecule has 0 bridgehead atoms. The van der Waals surface area contributed by atoms with Crippen LogP contribution in [0.15, 0.2) is 27.4 Å². The summed E-state index contributed by atoms with van der Waals surface area (Å²) in [6, 6.07) is 0.928. The quantitative estimate of drug-likeness (QED) is 0.484. The van der Waals surface area contributed by atoms with E-state index in [1.807, 2.05) is 0 Å². The van der Waals surface area contributed by atoms with Gasteiger partial charge in [0.05, 0.1) is 20.9 Å². The van der Waals surface area contributed by atoms with Gasteiger partial charge in [-0.1, -0.05) is 0 Å². The third-order valence-corrected chi connectivity index (χ3v) is 5.82. The van der Waals surface area contributed by atoms with Crippen LogP contribution in [0, 0.1) is 0 Å². The van der Waals surface area contributed by atoms with Gasteiger partial charge in [0, 0.05) is 5.69 Å². The van der Waals surface area contributed by atoms with Gasteiger partial charge in [-0.25, -0.2) is 0 Å². The molecular weight excluding hydrogens is 422 g/mol. The molecule has 0 aliphatic rings. The minimum Gasteiger partial charge on any atom is -0.322 e. The lowest BCUT2D eigenvalue weighted by Crippen LogP contribution is -2.16. The zero-order valence-corrected chi connectivity index (χ0v) is 15.5. The summed E-state index contributed by atoms with van der Waals surface area (Å²) in [7, 11) is 0. The second-order valence-electron chi connectivity index (χ2n) is 4.81. The first-order chi connectivity index (χ1) is 12.0. The number of nitrogens with zero attached hydrogens (tertiary/aromatic N) is 1. The predicted octanol–water partition coefficient (Wildman–Crippen LogP) is 5.88. The molecular formula is C14H10F6N2OS3. The molecule has 0 saturated heterocycles. The van der Waals surface area contributed by atoms with Crippen LogP contribution in [-0.2, 0) is 12.4 Å². The Morgan fingerprint density at radius 3 is 1.96 bits per heavy atom. The number of alkyl halides is 6. The van der Waals surface area contributed by atoms with Crippen LogP contribution in [0.3, 0.4) is 0 Å². The number of carbonyl (C=O) groups is 1. The van der Waals surface area contributed by atoms with Crippen LogP contribution in [-0.4, -0.2) is 22.8 Å². The molecule has 2 rings (SSSR count). The molecule has 0 aliphatic carbocycles. The molecule has 0 unspecified atom stereocenters. The van der Waals surface area contributed by atoms with Crippen LogP contribution in [0.1, 0.15) is 21.5 Å². The molecule has 1 aromatic carbocycles. The molecule has 0 aliphatic heterocycles. The highest BCUT2D eigenvalue weighted by molar-refractivity contribution is 8.01. The van der Waals surface area contributed by atoms with Crippen molar-refractivity contribution in [2.45, 2.75) is 21.6 Å². The fourth-order valence-electron chi connectivity index (χ4n) is 1.95. The lowest BCUT2D eigenvalue weighted by atomic mass is 10.1. The zero-order valence-electron chi connectivity index (χ0n) is 13.1. The number of rotatable bonds is 4. The van der Waals surface area contributed by atoms with Gasteiger partial charge in [-0.3, -0.25) is 4.79 Å². The number of nitrogens with one attached hydrogen (secondary N) is 1. The Bertz CT molecular complexity index is 762. The molecule has 0 atom stereocenters. The summed E-state index contributed by atoms with van der Waals surface area (Å²) < 4.78 is 81.9. The molecule has 0 fully saturated rings. The first-order valence-corrected chi connectivity index (χ1v) is 9.88. The number of halogens is 6. The maximum atomic E-state index is 12.9. The number of carbonyl (C=O) groups excluding carboxylic acids is 1. The van der Waals surface area contributed by atoms with Gasteiger partial charge in [-0.15, -0.1) is 23.5 Å². The van der Waals surface area contributed by atoms with Crippen LogP contribution < -0.4 is 5.32 Å². The molecule has 12 heteroatoms. The fourth-order valence-corrected chi connectivity index (χ4v) is 4.23. The molecule has 1 aromatic heterocycles. The fraction of sp³-hybridized carbons (Fsp3) is 0.286. The van der Waals surface area contributed by atoms with Crippen LogP contribution in [0.25, 0.3) is 0 Å². The van der Waals surface area contributed by atoms with Crippen LogP contribution in [0.4, 0.5) is 32.0 Å². The molecule has 2 aromatic rings. The normalized spacial score (nSPS) is 12.3. The lowest BCUT2D eigenvalue weighted by molar-refractivity contribution is -0.143. The van der Waals surface area contributed by atoms with E-state index in [2.05, 4.69) is 9.69 Å². The topological polar surface area (TPSA) is 42.0 Å². The van der Waals surface area contributed by atoms with Gasteiger partial charge in [0.15, 0.2) is 0 Å². The van der Waals surface area contributed by atoms with Gasteiger partial charge >= 0.3 is 12.4 Å². The highest BCUT2D eigenvalue weighted by Crippen LogP contribution is 2.38. The van der Waals surface area contributed by atoms with Crippen molar-refractivity contribution in [1.82, 2.24) is 4.37 Å².